The van der Waals surface area contributed by atoms with Crippen LogP contribution in [0.15, 0.2) is 47.8 Å². The summed E-state index contributed by atoms with van der Waals surface area (Å²) in [5.41, 5.74) is 1.80. The van der Waals surface area contributed by atoms with Crippen molar-refractivity contribution in [1.82, 2.24) is 9.29 Å². The second-order valence-electron chi connectivity index (χ2n) is 5.76. The van der Waals surface area contributed by atoms with Crippen molar-refractivity contribution in [3.8, 4) is 11.3 Å². The normalized spacial score (nSPS) is 11.6. The SMILES string of the molecule is CN(C)S(=O)(=O)Nc1cccc(-c2csc(Nc3ccc(F)cc3F)n2)c1. The molecule has 6 nitrogen and oxygen atoms in total. The molecule has 0 amide bonds. The summed E-state index contributed by atoms with van der Waals surface area (Å²) in [6, 6.07) is 10.0. The molecule has 0 atom stereocenters. The Morgan fingerprint density at radius 2 is 1.89 bits per heavy atom. The Bertz CT molecular complexity index is 1070. The quantitative estimate of drug-likeness (QED) is 0.643. The van der Waals surface area contributed by atoms with Crippen molar-refractivity contribution in [2.24, 2.45) is 0 Å². The van der Waals surface area contributed by atoms with Gasteiger partial charge in [-0.05, 0) is 24.3 Å². The van der Waals surface area contributed by atoms with Crippen LogP contribution in [0.25, 0.3) is 11.3 Å². The number of hydrogen-bond acceptors (Lipinski definition) is 5. The molecule has 27 heavy (non-hydrogen) atoms. The van der Waals surface area contributed by atoms with Gasteiger partial charge in [0, 0.05) is 31.1 Å². The second kappa shape index (κ2) is 7.59. The smallest absolute Gasteiger partial charge is 0.301 e. The van der Waals surface area contributed by atoms with Crippen molar-refractivity contribution in [3.63, 3.8) is 0 Å². The lowest BCUT2D eigenvalue weighted by molar-refractivity contribution is 0.527. The third-order valence-corrected chi connectivity index (χ3v) is 5.78. The van der Waals surface area contributed by atoms with Crippen molar-refractivity contribution >= 4 is 38.1 Å². The number of hydrogen-bond donors (Lipinski definition) is 2. The van der Waals surface area contributed by atoms with Gasteiger partial charge < -0.3 is 5.32 Å². The van der Waals surface area contributed by atoms with E-state index >= 15 is 0 Å². The minimum absolute atomic E-state index is 0.116. The highest BCUT2D eigenvalue weighted by Gasteiger charge is 2.14. The number of halogens is 2. The first-order chi connectivity index (χ1) is 12.7. The zero-order chi connectivity index (χ0) is 19.6. The van der Waals surface area contributed by atoms with E-state index in [1.54, 1.807) is 29.6 Å². The minimum atomic E-state index is -3.61. The Hall–Kier alpha value is -2.56. The molecule has 0 aliphatic heterocycles. The van der Waals surface area contributed by atoms with Gasteiger partial charge in [-0.1, -0.05) is 12.1 Å². The van der Waals surface area contributed by atoms with Crippen LogP contribution in [-0.2, 0) is 10.2 Å². The lowest BCUT2D eigenvalue weighted by Gasteiger charge is -2.13. The lowest BCUT2D eigenvalue weighted by Crippen LogP contribution is -2.28. The number of nitrogens with zero attached hydrogens (tertiary/aromatic N) is 2. The van der Waals surface area contributed by atoms with Crippen molar-refractivity contribution in [1.29, 1.82) is 0 Å². The van der Waals surface area contributed by atoms with Crippen LogP contribution in [0.3, 0.4) is 0 Å². The number of anilines is 3. The van der Waals surface area contributed by atoms with E-state index in [0.717, 1.165) is 16.4 Å². The molecule has 0 aliphatic carbocycles. The molecular weight excluding hydrogens is 394 g/mol. The summed E-state index contributed by atoms with van der Waals surface area (Å²) in [6.45, 7) is 0. The highest BCUT2D eigenvalue weighted by molar-refractivity contribution is 7.90. The number of thiazole rings is 1. The Kier molecular flexibility index (Phi) is 5.40. The molecule has 1 heterocycles. The van der Waals surface area contributed by atoms with E-state index in [-0.39, 0.29) is 5.69 Å². The molecule has 0 fully saturated rings. The van der Waals surface area contributed by atoms with Crippen LogP contribution in [0.5, 0.6) is 0 Å². The van der Waals surface area contributed by atoms with Crippen molar-refractivity contribution in [3.05, 3.63) is 59.5 Å². The number of benzene rings is 2. The van der Waals surface area contributed by atoms with Crippen LogP contribution in [0.1, 0.15) is 0 Å². The summed E-state index contributed by atoms with van der Waals surface area (Å²) in [5.74, 6) is -1.37. The predicted molar refractivity (Wildman–Crippen MR) is 103 cm³/mol. The first-order valence-electron chi connectivity index (χ1n) is 7.73. The number of nitrogens with one attached hydrogen (secondary N) is 2. The monoisotopic (exact) mass is 410 g/mol. The van der Waals surface area contributed by atoms with Gasteiger partial charge in [0.25, 0.3) is 0 Å². The molecule has 3 aromatic rings. The van der Waals surface area contributed by atoms with Gasteiger partial charge in [-0.3, -0.25) is 4.72 Å². The molecule has 3 rings (SSSR count). The van der Waals surface area contributed by atoms with Crippen LogP contribution in [0, 0.1) is 11.6 Å². The maximum Gasteiger partial charge on any atom is 0.301 e. The summed E-state index contributed by atoms with van der Waals surface area (Å²) >= 11 is 1.25. The summed E-state index contributed by atoms with van der Waals surface area (Å²) < 4.78 is 54.1. The average Bonchev–Trinajstić information content (AvgIpc) is 3.06. The predicted octanol–water partition coefficient (Wildman–Crippen LogP) is 4.05. The largest absolute Gasteiger partial charge is 0.329 e. The topological polar surface area (TPSA) is 74.3 Å². The first-order valence-corrected chi connectivity index (χ1v) is 10.0. The first kappa shape index (κ1) is 19.2. The van der Waals surface area contributed by atoms with Crippen LogP contribution in [0.2, 0.25) is 0 Å². The molecule has 142 valence electrons. The van der Waals surface area contributed by atoms with Gasteiger partial charge in [-0.15, -0.1) is 11.3 Å². The molecule has 0 unspecified atom stereocenters. The lowest BCUT2D eigenvalue weighted by atomic mass is 10.1. The zero-order valence-corrected chi connectivity index (χ0v) is 16.0. The maximum atomic E-state index is 13.7. The molecule has 0 aliphatic rings. The van der Waals surface area contributed by atoms with E-state index in [9.17, 15) is 17.2 Å². The molecule has 0 spiro atoms. The molecule has 2 N–H and O–H groups in total. The second-order valence-corrected chi connectivity index (χ2v) is 8.50. The van der Waals surface area contributed by atoms with Gasteiger partial charge >= 0.3 is 10.2 Å². The average molecular weight is 410 g/mol. The van der Waals surface area contributed by atoms with Gasteiger partial charge in [0.2, 0.25) is 0 Å². The van der Waals surface area contributed by atoms with Crippen LogP contribution < -0.4 is 10.0 Å². The molecule has 0 bridgehead atoms. The van der Waals surface area contributed by atoms with Crippen molar-refractivity contribution in [2.75, 3.05) is 24.1 Å². The molecule has 0 radical (unpaired) electrons. The fraction of sp³-hybridized carbons (Fsp3) is 0.118. The van der Waals surface area contributed by atoms with Crippen molar-refractivity contribution in [2.45, 2.75) is 0 Å². The zero-order valence-electron chi connectivity index (χ0n) is 14.4. The van der Waals surface area contributed by atoms with E-state index < -0.39 is 21.8 Å². The number of aromatic nitrogens is 1. The number of rotatable bonds is 6. The van der Waals surface area contributed by atoms with Crippen LogP contribution in [0.4, 0.5) is 25.3 Å². The molecule has 10 heteroatoms. The molecule has 0 saturated carbocycles. The highest BCUT2D eigenvalue weighted by atomic mass is 32.2. The third-order valence-electron chi connectivity index (χ3n) is 3.56. The summed E-state index contributed by atoms with van der Waals surface area (Å²) in [7, 11) is -0.754. The van der Waals surface area contributed by atoms with E-state index in [4.69, 9.17) is 0 Å². The van der Waals surface area contributed by atoms with E-state index in [1.807, 2.05) is 0 Å². The van der Waals surface area contributed by atoms with Crippen LogP contribution >= 0.6 is 11.3 Å². The Balaban J connectivity index is 1.81. The van der Waals surface area contributed by atoms with Gasteiger partial charge in [0.05, 0.1) is 17.1 Å². The summed E-state index contributed by atoms with van der Waals surface area (Å²) in [4.78, 5) is 4.37. The van der Waals surface area contributed by atoms with Gasteiger partial charge in [0.15, 0.2) is 5.13 Å². The summed E-state index contributed by atoms with van der Waals surface area (Å²) in [6.07, 6.45) is 0. The third kappa shape index (κ3) is 4.59. The highest BCUT2D eigenvalue weighted by Crippen LogP contribution is 2.29. The van der Waals surface area contributed by atoms with E-state index in [2.05, 4.69) is 15.0 Å². The maximum absolute atomic E-state index is 13.7. The fourth-order valence-electron chi connectivity index (χ4n) is 2.15. The van der Waals surface area contributed by atoms with Crippen molar-refractivity contribution < 1.29 is 17.2 Å². The summed E-state index contributed by atoms with van der Waals surface area (Å²) in [5, 5.41) is 4.98. The van der Waals surface area contributed by atoms with Crippen LogP contribution in [-0.4, -0.2) is 31.8 Å². The standard InChI is InChI=1S/C17H16F2N4O2S2/c1-23(2)27(24,25)22-13-5-3-4-11(8-13)16-10-26-17(21-16)20-15-7-6-12(18)9-14(15)19/h3-10,22H,1-2H3,(H,20,21). The van der Waals surface area contributed by atoms with E-state index in [0.29, 0.717) is 22.1 Å². The van der Waals surface area contributed by atoms with E-state index in [1.165, 1.54) is 31.5 Å². The fourth-order valence-corrected chi connectivity index (χ4v) is 3.49. The Morgan fingerprint density at radius 1 is 1.11 bits per heavy atom. The molecule has 2 aromatic carbocycles. The molecular formula is C17H16F2N4O2S2. The van der Waals surface area contributed by atoms with Gasteiger partial charge in [-0.25, -0.2) is 13.8 Å². The van der Waals surface area contributed by atoms with Gasteiger partial charge in [-0.2, -0.15) is 12.7 Å². The minimum Gasteiger partial charge on any atom is -0.329 e. The Morgan fingerprint density at radius 3 is 2.59 bits per heavy atom. The molecule has 0 saturated heterocycles. The Labute approximate surface area is 159 Å². The van der Waals surface area contributed by atoms with Gasteiger partial charge in [0.1, 0.15) is 11.6 Å². The molecule has 1 aromatic heterocycles.